The number of nitrogens with zero attached hydrogens (tertiary/aromatic N) is 3. The van der Waals surface area contributed by atoms with E-state index in [0.717, 1.165) is 11.1 Å². The summed E-state index contributed by atoms with van der Waals surface area (Å²) in [5.74, 6) is 0.952. The van der Waals surface area contributed by atoms with Crippen molar-refractivity contribution in [3.05, 3.63) is 64.7 Å². The molecule has 1 heterocycles. The zero-order valence-corrected chi connectivity index (χ0v) is 13.8. The predicted octanol–water partition coefficient (Wildman–Crippen LogP) is 4.03. The monoisotopic (exact) mass is 342 g/mol. The minimum absolute atomic E-state index is 0.293. The Kier molecular flexibility index (Phi) is 4.81. The number of hydrogen-bond donors (Lipinski definition) is 1. The molecule has 0 aliphatic carbocycles. The zero-order valence-electron chi connectivity index (χ0n) is 12.9. The molecule has 0 saturated carbocycles. The summed E-state index contributed by atoms with van der Waals surface area (Å²) < 4.78 is 20.5. The molecule has 0 aliphatic rings. The highest BCUT2D eigenvalue weighted by atomic mass is 32.1. The standard InChI is InChI=1S/C17H15FN4OS/c1-2-23-15-6-4-3-5-14(15)16-20-21-17(24)22(16)19-11-12-7-9-13(18)10-8-12/h3-11H,2H2,1H3,(H,21,24)/b19-11-. The SMILES string of the molecule is CCOc1ccccc1-c1n[nH]c(=S)n1/N=C\c1ccc(F)cc1. The van der Waals surface area contributed by atoms with Crippen molar-refractivity contribution in [3.63, 3.8) is 0 Å². The second-order valence-electron chi connectivity index (χ2n) is 4.89. The molecule has 0 spiro atoms. The molecule has 0 saturated heterocycles. The van der Waals surface area contributed by atoms with Gasteiger partial charge in [-0.3, -0.25) is 0 Å². The Balaban J connectivity index is 2.01. The molecule has 0 atom stereocenters. The van der Waals surface area contributed by atoms with E-state index in [1.54, 1.807) is 18.3 Å². The van der Waals surface area contributed by atoms with E-state index >= 15 is 0 Å². The van der Waals surface area contributed by atoms with E-state index in [4.69, 9.17) is 17.0 Å². The highest BCUT2D eigenvalue weighted by Crippen LogP contribution is 2.28. The highest BCUT2D eigenvalue weighted by Gasteiger charge is 2.13. The van der Waals surface area contributed by atoms with E-state index in [9.17, 15) is 4.39 Å². The van der Waals surface area contributed by atoms with Crippen LogP contribution in [0.3, 0.4) is 0 Å². The van der Waals surface area contributed by atoms with Crippen molar-refractivity contribution in [2.24, 2.45) is 5.10 Å². The van der Waals surface area contributed by atoms with Gasteiger partial charge in [0, 0.05) is 0 Å². The molecule has 7 heteroatoms. The van der Waals surface area contributed by atoms with Crippen LogP contribution in [0, 0.1) is 10.6 Å². The van der Waals surface area contributed by atoms with Gasteiger partial charge in [-0.1, -0.05) is 24.3 Å². The number of benzene rings is 2. The van der Waals surface area contributed by atoms with Crippen LogP contribution in [0.2, 0.25) is 0 Å². The summed E-state index contributed by atoms with van der Waals surface area (Å²) in [5.41, 5.74) is 1.53. The van der Waals surface area contributed by atoms with Gasteiger partial charge in [0.25, 0.3) is 0 Å². The predicted molar refractivity (Wildman–Crippen MR) is 93.4 cm³/mol. The van der Waals surface area contributed by atoms with Gasteiger partial charge in [0.1, 0.15) is 11.6 Å². The first-order valence-electron chi connectivity index (χ1n) is 7.38. The Labute approximate surface area is 143 Å². The Morgan fingerprint density at radius 1 is 1.25 bits per heavy atom. The van der Waals surface area contributed by atoms with Crippen LogP contribution in [0.15, 0.2) is 53.6 Å². The van der Waals surface area contributed by atoms with E-state index in [1.165, 1.54) is 16.8 Å². The average Bonchev–Trinajstić information content (AvgIpc) is 2.96. The fourth-order valence-electron chi connectivity index (χ4n) is 2.18. The summed E-state index contributed by atoms with van der Waals surface area (Å²) in [6.07, 6.45) is 1.59. The van der Waals surface area contributed by atoms with Gasteiger partial charge < -0.3 is 4.74 Å². The number of halogens is 1. The van der Waals surface area contributed by atoms with E-state index in [-0.39, 0.29) is 5.82 Å². The number of hydrogen-bond acceptors (Lipinski definition) is 4. The summed E-state index contributed by atoms with van der Waals surface area (Å²) >= 11 is 5.25. The second kappa shape index (κ2) is 7.18. The Bertz CT molecular complexity index is 915. The molecule has 5 nitrogen and oxygen atoms in total. The molecule has 0 aliphatic heterocycles. The van der Waals surface area contributed by atoms with E-state index in [1.807, 2.05) is 31.2 Å². The van der Waals surface area contributed by atoms with Crippen LogP contribution in [0.1, 0.15) is 12.5 Å². The second-order valence-corrected chi connectivity index (χ2v) is 5.28. The molecule has 3 aromatic rings. The van der Waals surface area contributed by atoms with Gasteiger partial charge in [0.05, 0.1) is 18.4 Å². The summed E-state index contributed by atoms with van der Waals surface area (Å²) in [5, 5.41) is 11.3. The number of aromatic amines is 1. The van der Waals surface area contributed by atoms with Gasteiger partial charge in [0.15, 0.2) is 5.82 Å². The Hall–Kier alpha value is -2.80. The van der Waals surface area contributed by atoms with Crippen LogP contribution >= 0.6 is 12.2 Å². The third-order valence-corrected chi connectivity index (χ3v) is 3.53. The van der Waals surface area contributed by atoms with Crippen molar-refractivity contribution in [1.29, 1.82) is 0 Å². The third-order valence-electron chi connectivity index (χ3n) is 3.27. The first-order chi connectivity index (χ1) is 11.7. The molecule has 122 valence electrons. The number of para-hydroxylation sites is 1. The molecule has 0 radical (unpaired) electrons. The topological polar surface area (TPSA) is 55.2 Å². The van der Waals surface area contributed by atoms with Gasteiger partial charge in [-0.05, 0) is 49.0 Å². The summed E-state index contributed by atoms with van der Waals surface area (Å²) in [6.45, 7) is 2.46. The van der Waals surface area contributed by atoms with E-state index in [2.05, 4.69) is 15.3 Å². The number of aromatic nitrogens is 3. The number of H-pyrrole nitrogens is 1. The Morgan fingerprint density at radius 3 is 2.75 bits per heavy atom. The normalized spacial score (nSPS) is 11.1. The molecular formula is C17H15FN4OS. The molecule has 1 aromatic heterocycles. The molecule has 0 bridgehead atoms. The molecule has 0 amide bonds. The largest absolute Gasteiger partial charge is 0.493 e. The third kappa shape index (κ3) is 3.41. The molecule has 2 aromatic carbocycles. The quantitative estimate of drug-likeness (QED) is 0.563. The number of ether oxygens (including phenoxy) is 1. The maximum atomic E-state index is 13.0. The molecule has 3 rings (SSSR count). The number of nitrogens with one attached hydrogen (secondary N) is 1. The molecule has 0 unspecified atom stereocenters. The van der Waals surface area contributed by atoms with Crippen molar-refractivity contribution in [1.82, 2.24) is 14.9 Å². The van der Waals surface area contributed by atoms with Gasteiger partial charge in [0.2, 0.25) is 4.77 Å². The fraction of sp³-hybridized carbons (Fsp3) is 0.118. The van der Waals surface area contributed by atoms with Crippen LogP contribution in [-0.4, -0.2) is 27.7 Å². The van der Waals surface area contributed by atoms with Crippen molar-refractivity contribution in [3.8, 4) is 17.1 Å². The lowest BCUT2D eigenvalue weighted by atomic mass is 10.2. The summed E-state index contributed by atoms with van der Waals surface area (Å²) in [6, 6.07) is 13.6. The minimum Gasteiger partial charge on any atom is -0.493 e. The first-order valence-corrected chi connectivity index (χ1v) is 7.79. The van der Waals surface area contributed by atoms with Crippen molar-refractivity contribution in [2.75, 3.05) is 6.61 Å². The van der Waals surface area contributed by atoms with Crippen LogP contribution in [0.4, 0.5) is 4.39 Å². The summed E-state index contributed by atoms with van der Waals surface area (Å²) in [7, 11) is 0. The zero-order chi connectivity index (χ0) is 16.9. The maximum absolute atomic E-state index is 13.0. The number of rotatable bonds is 5. The molecule has 1 N–H and O–H groups in total. The average molecular weight is 342 g/mol. The lowest BCUT2D eigenvalue weighted by Crippen LogP contribution is -1.99. The molecule has 0 fully saturated rings. The van der Waals surface area contributed by atoms with Gasteiger partial charge in [-0.25, -0.2) is 9.49 Å². The van der Waals surface area contributed by atoms with Crippen LogP contribution in [0.5, 0.6) is 5.75 Å². The summed E-state index contributed by atoms with van der Waals surface area (Å²) in [4.78, 5) is 0. The van der Waals surface area contributed by atoms with Crippen LogP contribution in [0.25, 0.3) is 11.4 Å². The van der Waals surface area contributed by atoms with Gasteiger partial charge >= 0.3 is 0 Å². The van der Waals surface area contributed by atoms with Gasteiger partial charge in [-0.2, -0.15) is 14.9 Å². The van der Waals surface area contributed by atoms with Crippen LogP contribution < -0.4 is 4.74 Å². The highest BCUT2D eigenvalue weighted by molar-refractivity contribution is 7.71. The van der Waals surface area contributed by atoms with Crippen molar-refractivity contribution < 1.29 is 9.13 Å². The maximum Gasteiger partial charge on any atom is 0.216 e. The van der Waals surface area contributed by atoms with Crippen LogP contribution in [-0.2, 0) is 0 Å². The minimum atomic E-state index is -0.293. The van der Waals surface area contributed by atoms with Gasteiger partial charge in [-0.15, -0.1) is 0 Å². The Morgan fingerprint density at radius 2 is 2.00 bits per heavy atom. The lowest BCUT2D eigenvalue weighted by molar-refractivity contribution is 0.341. The van der Waals surface area contributed by atoms with Crippen molar-refractivity contribution >= 4 is 18.4 Å². The smallest absolute Gasteiger partial charge is 0.216 e. The fourth-order valence-corrected chi connectivity index (χ4v) is 2.36. The molecule has 24 heavy (non-hydrogen) atoms. The van der Waals surface area contributed by atoms with E-state index < -0.39 is 0 Å². The van der Waals surface area contributed by atoms with Crippen molar-refractivity contribution in [2.45, 2.75) is 6.92 Å². The first kappa shape index (κ1) is 16.1. The molecular weight excluding hydrogens is 327 g/mol. The lowest BCUT2D eigenvalue weighted by Gasteiger charge is -2.08. The van der Waals surface area contributed by atoms with E-state index in [0.29, 0.717) is 23.0 Å².